The van der Waals surface area contributed by atoms with E-state index < -0.39 is 0 Å². The predicted octanol–water partition coefficient (Wildman–Crippen LogP) is 3.63. The summed E-state index contributed by atoms with van der Waals surface area (Å²) in [6.45, 7) is 10.7. The maximum atomic E-state index is 4.70. The molecule has 0 unspecified atom stereocenters. The van der Waals surface area contributed by atoms with E-state index >= 15 is 0 Å². The van der Waals surface area contributed by atoms with Gasteiger partial charge in [0.25, 0.3) is 0 Å². The van der Waals surface area contributed by atoms with E-state index in [1.165, 1.54) is 0 Å². The number of nitrogens with one attached hydrogen (secondary N) is 1. The first-order chi connectivity index (χ1) is 7.90. The van der Waals surface area contributed by atoms with Gasteiger partial charge in [0, 0.05) is 18.0 Å². The predicted molar refractivity (Wildman–Crippen MR) is 76.0 cm³/mol. The summed E-state index contributed by atoms with van der Waals surface area (Å²) in [6.07, 6.45) is 1.16. The molecule has 1 N–H and O–H groups in total. The van der Waals surface area contributed by atoms with Gasteiger partial charge < -0.3 is 5.32 Å². The number of rotatable bonds is 4. The van der Waals surface area contributed by atoms with Gasteiger partial charge in [0.05, 0.1) is 0 Å². The monoisotopic (exact) mass is 253 g/mol. The van der Waals surface area contributed by atoms with E-state index in [9.17, 15) is 0 Å². The lowest BCUT2D eigenvalue weighted by Crippen LogP contribution is -2.18. The second kappa shape index (κ2) is 5.71. The first kappa shape index (κ1) is 14.3. The van der Waals surface area contributed by atoms with Crippen molar-refractivity contribution in [2.24, 2.45) is 0 Å². The van der Waals surface area contributed by atoms with Gasteiger partial charge in [-0.05, 0) is 19.1 Å². The molecule has 0 aromatic carbocycles. The zero-order valence-corrected chi connectivity index (χ0v) is 12.5. The van der Waals surface area contributed by atoms with Crippen molar-refractivity contribution in [1.82, 2.24) is 9.97 Å². The average Bonchev–Trinajstić information content (AvgIpc) is 2.26. The Balaban J connectivity index is 3.19. The zero-order valence-electron chi connectivity index (χ0n) is 11.7. The Morgan fingerprint density at radius 3 is 2.35 bits per heavy atom. The topological polar surface area (TPSA) is 37.8 Å². The molecule has 0 amide bonds. The minimum absolute atomic E-state index is 0.0131. The van der Waals surface area contributed by atoms with Crippen LogP contribution in [-0.2, 0) is 5.41 Å². The molecule has 3 nitrogen and oxygen atoms in total. The van der Waals surface area contributed by atoms with Crippen LogP contribution in [0.3, 0.4) is 0 Å². The van der Waals surface area contributed by atoms with Gasteiger partial charge in [-0.3, -0.25) is 0 Å². The fraction of sp³-hybridized carbons (Fsp3) is 0.692. The van der Waals surface area contributed by atoms with Crippen LogP contribution < -0.4 is 5.32 Å². The molecule has 0 spiro atoms. The van der Waals surface area contributed by atoms with Crippen molar-refractivity contribution in [3.8, 4) is 0 Å². The van der Waals surface area contributed by atoms with Crippen molar-refractivity contribution in [2.75, 3.05) is 18.1 Å². The lowest BCUT2D eigenvalue weighted by Gasteiger charge is -2.20. The fourth-order valence-corrected chi connectivity index (χ4v) is 2.28. The molecule has 0 aliphatic rings. The van der Waals surface area contributed by atoms with Crippen LogP contribution in [0.5, 0.6) is 0 Å². The van der Waals surface area contributed by atoms with Crippen molar-refractivity contribution in [3.05, 3.63) is 11.4 Å². The maximum Gasteiger partial charge on any atom is 0.137 e. The SMILES string of the molecule is CCCSc1nc(C(C)(C)C)nc(NC)c1C. The molecule has 1 rings (SSSR count). The van der Waals surface area contributed by atoms with E-state index in [1.54, 1.807) is 0 Å². The van der Waals surface area contributed by atoms with Crippen LogP contribution in [0, 0.1) is 6.92 Å². The number of aromatic nitrogens is 2. The molecule has 0 aliphatic carbocycles. The molecule has 0 saturated heterocycles. The summed E-state index contributed by atoms with van der Waals surface area (Å²) in [7, 11) is 1.91. The van der Waals surface area contributed by atoms with E-state index in [-0.39, 0.29) is 5.41 Å². The highest BCUT2D eigenvalue weighted by Crippen LogP contribution is 2.29. The van der Waals surface area contributed by atoms with Crippen LogP contribution in [0.2, 0.25) is 0 Å². The van der Waals surface area contributed by atoms with Crippen LogP contribution >= 0.6 is 11.8 Å². The zero-order chi connectivity index (χ0) is 13.1. The normalized spacial score (nSPS) is 11.6. The van der Waals surface area contributed by atoms with Crippen LogP contribution in [0.15, 0.2) is 5.03 Å². The summed E-state index contributed by atoms with van der Waals surface area (Å²) in [5.74, 6) is 2.96. The van der Waals surface area contributed by atoms with Gasteiger partial charge in [0.15, 0.2) is 0 Å². The van der Waals surface area contributed by atoms with Gasteiger partial charge in [-0.2, -0.15) is 0 Å². The van der Waals surface area contributed by atoms with Gasteiger partial charge in [-0.25, -0.2) is 9.97 Å². The van der Waals surface area contributed by atoms with Gasteiger partial charge >= 0.3 is 0 Å². The molecular formula is C13H23N3S. The van der Waals surface area contributed by atoms with Crippen molar-refractivity contribution < 1.29 is 0 Å². The second-order valence-electron chi connectivity index (χ2n) is 5.17. The number of hydrogen-bond donors (Lipinski definition) is 1. The average molecular weight is 253 g/mol. The molecule has 0 fully saturated rings. The molecule has 1 aromatic rings. The Labute approximate surface area is 109 Å². The molecule has 0 radical (unpaired) electrons. The molecular weight excluding hydrogens is 230 g/mol. The Kier molecular flexibility index (Phi) is 4.80. The standard InChI is InChI=1S/C13H23N3S/c1-7-8-17-11-9(2)10(14-6)15-12(16-11)13(3,4)5/h7-8H2,1-6H3,(H,14,15,16). The number of thioether (sulfide) groups is 1. The molecule has 0 bridgehead atoms. The third-order valence-electron chi connectivity index (χ3n) is 2.45. The Morgan fingerprint density at radius 2 is 1.88 bits per heavy atom. The Morgan fingerprint density at radius 1 is 1.24 bits per heavy atom. The van der Waals surface area contributed by atoms with Crippen molar-refractivity contribution >= 4 is 17.6 Å². The van der Waals surface area contributed by atoms with Crippen LogP contribution in [-0.4, -0.2) is 22.8 Å². The Bertz CT molecular complexity index is 383. The third-order valence-corrected chi connectivity index (χ3v) is 3.73. The molecule has 0 saturated carbocycles. The van der Waals surface area contributed by atoms with Gasteiger partial charge in [0.2, 0.25) is 0 Å². The lowest BCUT2D eigenvalue weighted by atomic mass is 9.95. The summed E-state index contributed by atoms with van der Waals surface area (Å²) < 4.78 is 0. The number of hydrogen-bond acceptors (Lipinski definition) is 4. The highest BCUT2D eigenvalue weighted by molar-refractivity contribution is 7.99. The van der Waals surface area contributed by atoms with Crippen molar-refractivity contribution in [2.45, 2.75) is 51.5 Å². The maximum absolute atomic E-state index is 4.70. The first-order valence-corrected chi connectivity index (χ1v) is 7.08. The second-order valence-corrected chi connectivity index (χ2v) is 6.26. The van der Waals surface area contributed by atoms with Gasteiger partial charge in [-0.15, -0.1) is 11.8 Å². The first-order valence-electron chi connectivity index (χ1n) is 6.09. The Hall–Kier alpha value is -0.770. The van der Waals surface area contributed by atoms with E-state index in [4.69, 9.17) is 4.98 Å². The lowest BCUT2D eigenvalue weighted by molar-refractivity contribution is 0.538. The van der Waals surface area contributed by atoms with Crippen LogP contribution in [0.25, 0.3) is 0 Å². The minimum atomic E-state index is -0.0131. The summed E-state index contributed by atoms with van der Waals surface area (Å²) >= 11 is 1.82. The smallest absolute Gasteiger partial charge is 0.137 e. The quantitative estimate of drug-likeness (QED) is 0.657. The van der Waals surface area contributed by atoms with Crippen LogP contribution in [0.1, 0.15) is 45.5 Å². The van der Waals surface area contributed by atoms with Gasteiger partial charge in [-0.1, -0.05) is 27.7 Å². The largest absolute Gasteiger partial charge is 0.373 e. The van der Waals surface area contributed by atoms with E-state index in [0.29, 0.717) is 0 Å². The van der Waals surface area contributed by atoms with E-state index in [2.05, 4.69) is 44.9 Å². The molecule has 4 heteroatoms. The summed E-state index contributed by atoms with van der Waals surface area (Å²) in [4.78, 5) is 9.30. The molecule has 0 aliphatic heterocycles. The highest BCUT2D eigenvalue weighted by Gasteiger charge is 2.20. The molecule has 1 aromatic heterocycles. The third kappa shape index (κ3) is 3.60. The fourth-order valence-electron chi connectivity index (χ4n) is 1.41. The highest BCUT2D eigenvalue weighted by atomic mass is 32.2. The molecule has 0 atom stereocenters. The minimum Gasteiger partial charge on any atom is -0.373 e. The van der Waals surface area contributed by atoms with E-state index in [1.807, 2.05) is 18.8 Å². The number of anilines is 1. The molecule has 96 valence electrons. The number of nitrogens with zero attached hydrogens (tertiary/aromatic N) is 2. The van der Waals surface area contributed by atoms with Crippen LogP contribution in [0.4, 0.5) is 5.82 Å². The molecule has 1 heterocycles. The molecule has 17 heavy (non-hydrogen) atoms. The van der Waals surface area contributed by atoms with E-state index in [0.717, 1.165) is 34.4 Å². The summed E-state index contributed by atoms with van der Waals surface area (Å²) in [5, 5.41) is 4.27. The summed E-state index contributed by atoms with van der Waals surface area (Å²) in [6, 6.07) is 0. The van der Waals surface area contributed by atoms with Crippen molar-refractivity contribution in [1.29, 1.82) is 0 Å². The van der Waals surface area contributed by atoms with Gasteiger partial charge in [0.1, 0.15) is 16.7 Å². The summed E-state index contributed by atoms with van der Waals surface area (Å²) in [5.41, 5.74) is 1.14. The van der Waals surface area contributed by atoms with Crippen molar-refractivity contribution in [3.63, 3.8) is 0 Å².